The Morgan fingerprint density at radius 3 is 2.59 bits per heavy atom. The molecule has 0 aliphatic carbocycles. The summed E-state index contributed by atoms with van der Waals surface area (Å²) in [6, 6.07) is 0. The Labute approximate surface area is 136 Å². The second-order valence-corrected chi connectivity index (χ2v) is 5.14. The minimum Gasteiger partial charge on any atom is -0.372 e. The van der Waals surface area contributed by atoms with Crippen molar-refractivity contribution in [1.82, 2.24) is 15.5 Å². The highest BCUT2D eigenvalue weighted by Crippen LogP contribution is 2.26. The number of amidine groups is 1. The number of piperazine rings is 1. The van der Waals surface area contributed by atoms with Crippen molar-refractivity contribution < 1.29 is 0 Å². The van der Waals surface area contributed by atoms with Crippen molar-refractivity contribution in [3.8, 4) is 0 Å². The van der Waals surface area contributed by atoms with E-state index in [1.54, 1.807) is 0 Å². The Hall–Kier alpha value is -1.55. The first-order valence-corrected chi connectivity index (χ1v) is 8.63. The maximum atomic E-state index is 4.55. The van der Waals surface area contributed by atoms with Crippen LogP contribution in [0, 0.1) is 0 Å². The van der Waals surface area contributed by atoms with Gasteiger partial charge < -0.3 is 15.5 Å². The van der Waals surface area contributed by atoms with Crippen LogP contribution in [0.1, 0.15) is 47.5 Å². The van der Waals surface area contributed by atoms with Crippen molar-refractivity contribution >= 4 is 5.84 Å². The van der Waals surface area contributed by atoms with E-state index in [9.17, 15) is 0 Å². The molecule has 0 radical (unpaired) electrons. The molecule has 2 rings (SSSR count). The van der Waals surface area contributed by atoms with Gasteiger partial charge in [-0.25, -0.2) is 4.99 Å². The molecule has 1 saturated heterocycles. The summed E-state index contributed by atoms with van der Waals surface area (Å²) >= 11 is 0. The summed E-state index contributed by atoms with van der Waals surface area (Å²) in [5, 5.41) is 6.74. The van der Waals surface area contributed by atoms with Crippen LogP contribution in [0.3, 0.4) is 0 Å². The van der Waals surface area contributed by atoms with Crippen LogP contribution in [0.15, 0.2) is 40.3 Å². The van der Waals surface area contributed by atoms with Crippen molar-refractivity contribution in [2.75, 3.05) is 26.2 Å². The third kappa shape index (κ3) is 4.73. The lowest BCUT2D eigenvalue weighted by molar-refractivity contribution is 0.298. The maximum Gasteiger partial charge on any atom is 0.139 e. The molecule has 2 aliphatic heterocycles. The van der Waals surface area contributed by atoms with E-state index in [0.717, 1.165) is 44.9 Å². The number of allylic oxidation sites excluding steroid dienone is 2. The van der Waals surface area contributed by atoms with Crippen LogP contribution >= 0.6 is 0 Å². The lowest BCUT2D eigenvalue weighted by atomic mass is 10.0. The molecular weight excluding hydrogens is 272 g/mol. The second kappa shape index (κ2) is 10.2. The molecule has 0 aromatic rings. The molecule has 1 fully saturated rings. The molecule has 2 N–H and O–H groups in total. The maximum absolute atomic E-state index is 4.55. The molecule has 22 heavy (non-hydrogen) atoms. The van der Waals surface area contributed by atoms with E-state index in [4.69, 9.17) is 0 Å². The van der Waals surface area contributed by atoms with E-state index >= 15 is 0 Å². The monoisotopic (exact) mass is 304 g/mol. The molecular formula is C18H32N4. The summed E-state index contributed by atoms with van der Waals surface area (Å²) in [7, 11) is 0. The summed E-state index contributed by atoms with van der Waals surface area (Å²) in [6.45, 7) is 14.8. The van der Waals surface area contributed by atoms with Crippen LogP contribution in [-0.2, 0) is 0 Å². The fourth-order valence-corrected chi connectivity index (χ4v) is 2.62. The van der Waals surface area contributed by atoms with Gasteiger partial charge in [-0.05, 0) is 31.5 Å². The molecule has 0 saturated carbocycles. The topological polar surface area (TPSA) is 39.7 Å². The number of hydrogen-bond acceptors (Lipinski definition) is 4. The minimum atomic E-state index is 0.989. The van der Waals surface area contributed by atoms with E-state index in [1.165, 1.54) is 16.8 Å². The van der Waals surface area contributed by atoms with Crippen molar-refractivity contribution in [3.05, 3.63) is 35.3 Å². The quantitative estimate of drug-likeness (QED) is 0.836. The third-order valence-electron chi connectivity index (χ3n) is 3.82. The first-order chi connectivity index (χ1) is 10.8. The normalized spacial score (nSPS) is 20.3. The van der Waals surface area contributed by atoms with Gasteiger partial charge in [0.1, 0.15) is 5.84 Å². The Morgan fingerprint density at radius 2 is 2.00 bits per heavy atom. The van der Waals surface area contributed by atoms with Crippen LogP contribution in [-0.4, -0.2) is 36.9 Å². The summed E-state index contributed by atoms with van der Waals surface area (Å²) in [5.41, 5.74) is 3.96. The zero-order chi connectivity index (χ0) is 16.4. The molecule has 0 bridgehead atoms. The first-order valence-electron chi connectivity index (χ1n) is 8.63. The van der Waals surface area contributed by atoms with Gasteiger partial charge in [-0.3, -0.25) is 0 Å². The van der Waals surface area contributed by atoms with Crippen LogP contribution < -0.4 is 10.6 Å². The zero-order valence-corrected chi connectivity index (χ0v) is 14.9. The molecule has 4 heteroatoms. The number of aliphatic imine (C=N–C) groups is 1. The van der Waals surface area contributed by atoms with Crippen molar-refractivity contribution in [2.24, 2.45) is 4.99 Å². The van der Waals surface area contributed by atoms with E-state index in [0.29, 0.717) is 0 Å². The second-order valence-electron chi connectivity index (χ2n) is 5.14. The van der Waals surface area contributed by atoms with Crippen molar-refractivity contribution in [1.29, 1.82) is 0 Å². The molecule has 2 heterocycles. The fourth-order valence-electron chi connectivity index (χ4n) is 2.62. The molecule has 124 valence electrons. The third-order valence-corrected chi connectivity index (χ3v) is 3.82. The van der Waals surface area contributed by atoms with Crippen LogP contribution in [0.5, 0.6) is 0 Å². The van der Waals surface area contributed by atoms with Crippen molar-refractivity contribution in [3.63, 3.8) is 0 Å². The average Bonchev–Trinajstić information content (AvgIpc) is 3.00. The standard InChI is InChI=1S/C16H26N4.C2H6/c1-4-6-7-18-16-15(14(5-2)12-19-16)13(3)20-10-8-17-9-11-20;1-2/h6-7,12,17H,4-5,8-11H2,1-3H3,(H,18,19);1-2H3/b7-6+,15-13+;. The molecule has 0 spiro atoms. The number of rotatable bonds is 4. The van der Waals surface area contributed by atoms with Crippen LogP contribution in [0.4, 0.5) is 0 Å². The van der Waals surface area contributed by atoms with E-state index in [-0.39, 0.29) is 0 Å². The van der Waals surface area contributed by atoms with Crippen LogP contribution in [0.2, 0.25) is 0 Å². The Balaban J connectivity index is 0.00000116. The van der Waals surface area contributed by atoms with Gasteiger partial charge in [-0.1, -0.05) is 33.8 Å². The van der Waals surface area contributed by atoms with Gasteiger partial charge in [-0.15, -0.1) is 0 Å². The average molecular weight is 304 g/mol. The van der Waals surface area contributed by atoms with Gasteiger partial charge in [0, 0.05) is 43.6 Å². The molecule has 4 nitrogen and oxygen atoms in total. The minimum absolute atomic E-state index is 0.989. The van der Waals surface area contributed by atoms with E-state index in [1.807, 2.05) is 26.2 Å². The predicted molar refractivity (Wildman–Crippen MR) is 96.9 cm³/mol. The molecule has 2 aliphatic rings. The first kappa shape index (κ1) is 18.5. The smallest absolute Gasteiger partial charge is 0.139 e. The van der Waals surface area contributed by atoms with Crippen LogP contribution in [0.25, 0.3) is 0 Å². The van der Waals surface area contributed by atoms with Crippen molar-refractivity contribution in [2.45, 2.75) is 47.5 Å². The fraction of sp³-hybridized carbons (Fsp3) is 0.611. The van der Waals surface area contributed by atoms with E-state index < -0.39 is 0 Å². The SMILES string of the molecule is CC.CC/C=C/NC1=NC=C(CC)/C1=C(/C)N1CCNCC1. The predicted octanol–water partition coefficient (Wildman–Crippen LogP) is 3.41. The number of nitrogens with one attached hydrogen (secondary N) is 2. The molecule has 0 amide bonds. The highest BCUT2D eigenvalue weighted by molar-refractivity contribution is 6.05. The van der Waals surface area contributed by atoms with Gasteiger partial charge >= 0.3 is 0 Å². The molecule has 0 aromatic heterocycles. The largest absolute Gasteiger partial charge is 0.372 e. The number of hydrogen-bond donors (Lipinski definition) is 2. The Kier molecular flexibility index (Phi) is 8.60. The zero-order valence-electron chi connectivity index (χ0n) is 14.9. The van der Waals surface area contributed by atoms with Gasteiger partial charge in [0.25, 0.3) is 0 Å². The summed E-state index contributed by atoms with van der Waals surface area (Å²) < 4.78 is 0. The molecule has 0 unspecified atom stereocenters. The molecule has 0 atom stereocenters. The Bertz CT molecular complexity index is 452. The number of nitrogens with zero attached hydrogens (tertiary/aromatic N) is 2. The molecule has 0 aromatic carbocycles. The van der Waals surface area contributed by atoms with E-state index in [2.05, 4.69) is 47.4 Å². The summed E-state index contributed by atoms with van der Waals surface area (Å²) in [4.78, 5) is 7.01. The summed E-state index contributed by atoms with van der Waals surface area (Å²) in [5.74, 6) is 0.989. The van der Waals surface area contributed by atoms with Gasteiger partial charge in [0.15, 0.2) is 0 Å². The van der Waals surface area contributed by atoms with Gasteiger partial charge in [0.05, 0.1) is 0 Å². The highest BCUT2D eigenvalue weighted by atomic mass is 15.2. The lowest BCUT2D eigenvalue weighted by Gasteiger charge is -2.31. The lowest BCUT2D eigenvalue weighted by Crippen LogP contribution is -2.43. The van der Waals surface area contributed by atoms with Gasteiger partial charge in [-0.2, -0.15) is 0 Å². The van der Waals surface area contributed by atoms with Gasteiger partial charge in [0.2, 0.25) is 0 Å². The summed E-state index contributed by atoms with van der Waals surface area (Å²) in [6.07, 6.45) is 8.17. The highest BCUT2D eigenvalue weighted by Gasteiger charge is 2.22. The Morgan fingerprint density at radius 1 is 1.32 bits per heavy atom.